The minimum absolute atomic E-state index is 0.00386. The van der Waals surface area contributed by atoms with Crippen LogP contribution in [0.5, 0.6) is 0 Å². The second kappa shape index (κ2) is 4.05. The van der Waals surface area contributed by atoms with Gasteiger partial charge in [0, 0.05) is 6.26 Å². The topological polar surface area (TPSA) is 63.2 Å². The van der Waals surface area contributed by atoms with E-state index in [-0.39, 0.29) is 5.69 Å². The van der Waals surface area contributed by atoms with E-state index in [1.54, 1.807) is 0 Å². The van der Waals surface area contributed by atoms with Gasteiger partial charge in [0.1, 0.15) is 15.9 Å². The molecule has 78 valence electrons. The molecule has 0 heterocycles. The third-order valence-electron chi connectivity index (χ3n) is 1.40. The Morgan fingerprint density at radius 2 is 1.93 bits per heavy atom. The van der Waals surface area contributed by atoms with Gasteiger partial charge < -0.3 is 4.72 Å². The normalized spacial score (nSPS) is 13.6. The monoisotopic (exact) mass is 237 g/mol. The van der Waals surface area contributed by atoms with Crippen molar-refractivity contribution in [1.82, 2.24) is 0 Å². The first-order chi connectivity index (χ1) is 6.41. The molecule has 0 radical (unpaired) electrons. The van der Waals surface area contributed by atoms with Crippen LogP contribution in [0.25, 0.3) is 0 Å². The molecular weight excluding hydrogens is 229 g/mol. The molecule has 1 aromatic carbocycles. The average Bonchev–Trinajstić information content (AvgIpc) is 2.01. The Morgan fingerprint density at radius 1 is 1.36 bits per heavy atom. The largest absolute Gasteiger partial charge is 0.334 e. The third-order valence-corrected chi connectivity index (χ3v) is 2.79. The highest BCUT2D eigenvalue weighted by Crippen LogP contribution is 2.22. The first-order valence-corrected chi connectivity index (χ1v) is 6.49. The summed E-state index contributed by atoms with van der Waals surface area (Å²) in [6, 6.07) is 5.35. The second-order valence-corrected chi connectivity index (χ2v) is 4.92. The zero-order chi connectivity index (χ0) is 10.8. The zero-order valence-electron chi connectivity index (χ0n) is 7.23. The van der Waals surface area contributed by atoms with E-state index >= 15 is 0 Å². The average molecular weight is 237 g/mol. The van der Waals surface area contributed by atoms with Gasteiger partial charge in [-0.1, -0.05) is 12.1 Å². The van der Waals surface area contributed by atoms with Gasteiger partial charge in [0.05, 0.1) is 5.69 Å². The number of benzene rings is 1. The molecule has 1 N–H and O–H groups in total. The van der Waals surface area contributed by atoms with Gasteiger partial charge in [0.15, 0.2) is 0 Å². The van der Waals surface area contributed by atoms with E-state index in [2.05, 4.69) is 4.72 Å². The lowest BCUT2D eigenvalue weighted by atomic mass is 10.3. The fourth-order valence-corrected chi connectivity index (χ4v) is 2.09. The molecule has 0 amide bonds. The number of rotatable bonds is 3. The van der Waals surface area contributed by atoms with Crippen LogP contribution in [0.4, 0.5) is 9.57 Å². The van der Waals surface area contributed by atoms with Crippen molar-refractivity contribution in [2.45, 2.75) is 4.90 Å². The van der Waals surface area contributed by atoms with Gasteiger partial charge in [-0.15, -0.1) is 3.89 Å². The summed E-state index contributed by atoms with van der Waals surface area (Å²) in [7, 11) is -6.22. The van der Waals surface area contributed by atoms with Crippen molar-refractivity contribution in [3.05, 3.63) is 24.3 Å². The lowest BCUT2D eigenvalue weighted by Gasteiger charge is -2.05. The van der Waals surface area contributed by atoms with Crippen molar-refractivity contribution in [1.29, 1.82) is 0 Å². The fraction of sp³-hybridized carbons (Fsp3) is 0.143. The van der Waals surface area contributed by atoms with Gasteiger partial charge in [0.25, 0.3) is 0 Å². The first kappa shape index (κ1) is 11.1. The molecule has 1 rings (SSSR count). The molecule has 1 unspecified atom stereocenters. The summed E-state index contributed by atoms with van der Waals surface area (Å²) in [5.74, 6) is 0. The first-order valence-electron chi connectivity index (χ1n) is 3.55. The van der Waals surface area contributed by atoms with Crippen LogP contribution in [0.3, 0.4) is 0 Å². The zero-order valence-corrected chi connectivity index (χ0v) is 8.86. The summed E-state index contributed by atoms with van der Waals surface area (Å²) in [4.78, 5) is -0.504. The second-order valence-electron chi connectivity index (χ2n) is 2.49. The molecule has 1 aromatic rings. The Kier molecular flexibility index (Phi) is 3.22. The van der Waals surface area contributed by atoms with Crippen LogP contribution in [0.2, 0.25) is 0 Å². The number of anilines is 1. The van der Waals surface area contributed by atoms with Crippen LogP contribution in [0, 0.1) is 0 Å². The van der Waals surface area contributed by atoms with E-state index in [9.17, 15) is 16.5 Å². The fourth-order valence-electron chi connectivity index (χ4n) is 0.918. The van der Waals surface area contributed by atoms with Crippen molar-refractivity contribution < 1.29 is 16.5 Å². The Bertz CT molecular complexity index is 458. The van der Waals surface area contributed by atoms with Crippen LogP contribution < -0.4 is 4.72 Å². The minimum Gasteiger partial charge on any atom is -0.304 e. The lowest BCUT2D eigenvalue weighted by molar-refractivity contribution is 0.552. The summed E-state index contributed by atoms with van der Waals surface area (Å²) < 4.78 is 47.0. The number of hydrogen-bond acceptors (Lipinski definition) is 3. The van der Waals surface area contributed by atoms with Gasteiger partial charge in [-0.3, -0.25) is 0 Å². The maximum Gasteiger partial charge on any atom is 0.334 e. The summed E-state index contributed by atoms with van der Waals surface area (Å²) in [5, 5.41) is 0. The number of para-hydroxylation sites is 1. The molecular formula is C7H8FNO3S2. The molecule has 0 aliphatic heterocycles. The molecule has 0 saturated carbocycles. The number of nitrogens with one attached hydrogen (secondary N) is 1. The molecule has 0 spiro atoms. The lowest BCUT2D eigenvalue weighted by Crippen LogP contribution is -2.05. The molecule has 7 heteroatoms. The number of hydrogen-bond donors (Lipinski definition) is 1. The van der Waals surface area contributed by atoms with E-state index in [4.69, 9.17) is 0 Å². The predicted molar refractivity (Wildman–Crippen MR) is 52.4 cm³/mol. The standard InChI is InChI=1S/C7H8FNO3S2/c1-13(10)9-6-4-2-3-5-7(6)14(8,11)12/h2-5,9H,1H3. The third kappa shape index (κ3) is 2.78. The predicted octanol–water partition coefficient (Wildman–Crippen LogP) is 1.05. The van der Waals surface area contributed by atoms with Gasteiger partial charge in [-0.25, -0.2) is 4.21 Å². The van der Waals surface area contributed by atoms with Crippen molar-refractivity contribution in [3.8, 4) is 0 Å². The maximum absolute atomic E-state index is 12.7. The van der Waals surface area contributed by atoms with Crippen LogP contribution in [-0.2, 0) is 21.2 Å². The van der Waals surface area contributed by atoms with Gasteiger partial charge in [-0.05, 0) is 12.1 Å². The molecule has 0 bridgehead atoms. The maximum atomic E-state index is 12.7. The minimum atomic E-state index is -4.78. The molecule has 0 aromatic heterocycles. The molecule has 0 aliphatic rings. The van der Waals surface area contributed by atoms with Crippen molar-refractivity contribution >= 4 is 26.9 Å². The quantitative estimate of drug-likeness (QED) is 0.799. The Morgan fingerprint density at radius 3 is 2.43 bits per heavy atom. The van der Waals surface area contributed by atoms with Crippen LogP contribution >= 0.6 is 0 Å². The summed E-state index contributed by atoms with van der Waals surface area (Å²) in [6.45, 7) is 0. The van der Waals surface area contributed by atoms with Gasteiger partial charge >= 0.3 is 10.2 Å². The van der Waals surface area contributed by atoms with Gasteiger partial charge in [0.2, 0.25) is 0 Å². The molecule has 1 atom stereocenters. The van der Waals surface area contributed by atoms with E-state index in [1.165, 1.54) is 24.5 Å². The van der Waals surface area contributed by atoms with E-state index in [0.29, 0.717) is 0 Å². The Labute approximate surface area is 83.9 Å². The van der Waals surface area contributed by atoms with Crippen molar-refractivity contribution in [3.63, 3.8) is 0 Å². The van der Waals surface area contributed by atoms with Crippen LogP contribution in [0.15, 0.2) is 29.2 Å². The Balaban J connectivity index is 3.23. The SMILES string of the molecule is CS(=O)Nc1ccccc1S(=O)(=O)F. The Hall–Kier alpha value is -0.950. The smallest absolute Gasteiger partial charge is 0.304 e. The van der Waals surface area contributed by atoms with Gasteiger partial charge in [-0.2, -0.15) is 8.42 Å². The van der Waals surface area contributed by atoms with Crippen LogP contribution in [-0.4, -0.2) is 18.9 Å². The summed E-state index contributed by atoms with van der Waals surface area (Å²) >= 11 is 0. The van der Waals surface area contributed by atoms with Crippen molar-refractivity contribution in [2.24, 2.45) is 0 Å². The molecule has 4 nitrogen and oxygen atoms in total. The molecule has 0 aliphatic carbocycles. The summed E-state index contributed by atoms with van der Waals surface area (Å²) in [5.41, 5.74) is -0.00386. The van der Waals surface area contributed by atoms with Crippen molar-refractivity contribution in [2.75, 3.05) is 11.0 Å². The highest BCUT2D eigenvalue weighted by atomic mass is 32.3. The van der Waals surface area contributed by atoms with E-state index in [0.717, 1.165) is 6.07 Å². The van der Waals surface area contributed by atoms with E-state index < -0.39 is 26.1 Å². The van der Waals surface area contributed by atoms with E-state index in [1.807, 2.05) is 0 Å². The molecule has 14 heavy (non-hydrogen) atoms. The van der Waals surface area contributed by atoms with Crippen LogP contribution in [0.1, 0.15) is 0 Å². The highest BCUT2D eigenvalue weighted by molar-refractivity contribution is 7.87. The molecule has 0 fully saturated rings. The summed E-state index contributed by atoms with van der Waals surface area (Å²) in [6.07, 6.45) is 1.32. The highest BCUT2D eigenvalue weighted by Gasteiger charge is 2.16. The molecule has 0 saturated heterocycles. The number of halogens is 1.